The van der Waals surface area contributed by atoms with Crippen molar-refractivity contribution in [1.82, 2.24) is 4.90 Å². The monoisotopic (exact) mass is 384 g/mol. The lowest BCUT2D eigenvalue weighted by Crippen LogP contribution is -2.47. The fourth-order valence-electron chi connectivity index (χ4n) is 6.06. The largest absolute Gasteiger partial charge is 0.384 e. The molecule has 1 fully saturated rings. The highest BCUT2D eigenvalue weighted by molar-refractivity contribution is 5.91. The van der Waals surface area contributed by atoms with Crippen LogP contribution in [0.1, 0.15) is 42.5 Å². The third kappa shape index (κ3) is 2.64. The van der Waals surface area contributed by atoms with Crippen molar-refractivity contribution in [2.45, 2.75) is 43.9 Å². The molecule has 2 unspecified atom stereocenters. The quantitative estimate of drug-likeness (QED) is 0.698. The van der Waals surface area contributed by atoms with Gasteiger partial charge in [0.1, 0.15) is 5.60 Å². The molecule has 3 aromatic carbocycles. The molecule has 1 N–H and O–H groups in total. The number of fused-ring (bicyclic) bond motifs is 1. The summed E-state index contributed by atoms with van der Waals surface area (Å²) < 4.78 is 0. The van der Waals surface area contributed by atoms with Gasteiger partial charge < -0.3 is 10.0 Å². The van der Waals surface area contributed by atoms with Crippen molar-refractivity contribution in [3.8, 4) is 0 Å². The van der Waals surface area contributed by atoms with Crippen molar-refractivity contribution in [1.29, 1.82) is 0 Å². The van der Waals surface area contributed by atoms with Crippen LogP contribution < -0.4 is 4.90 Å². The van der Waals surface area contributed by atoms with Crippen LogP contribution in [0, 0.1) is 0 Å². The van der Waals surface area contributed by atoms with Crippen molar-refractivity contribution < 1.29 is 5.11 Å². The molecular formula is C26H28N2O. The van der Waals surface area contributed by atoms with E-state index in [1.54, 1.807) is 0 Å². The Balaban J connectivity index is 1.22. The Morgan fingerprint density at radius 2 is 1.69 bits per heavy atom. The molecule has 3 aliphatic rings. The van der Waals surface area contributed by atoms with Crippen molar-refractivity contribution >= 4 is 16.5 Å². The van der Waals surface area contributed by atoms with Crippen LogP contribution in [0.15, 0.2) is 60.7 Å². The van der Waals surface area contributed by atoms with Gasteiger partial charge >= 0.3 is 0 Å². The van der Waals surface area contributed by atoms with Gasteiger partial charge in [0.05, 0.1) is 6.54 Å². The predicted molar refractivity (Wildman–Crippen MR) is 118 cm³/mol. The van der Waals surface area contributed by atoms with Crippen LogP contribution >= 0.6 is 0 Å². The zero-order valence-corrected chi connectivity index (χ0v) is 17.0. The summed E-state index contributed by atoms with van der Waals surface area (Å²) >= 11 is 0. The second-order valence-corrected chi connectivity index (χ2v) is 9.27. The maximum atomic E-state index is 10.9. The van der Waals surface area contributed by atoms with Crippen LogP contribution in [0.3, 0.4) is 0 Å². The van der Waals surface area contributed by atoms with E-state index >= 15 is 0 Å². The third-order valence-electron chi connectivity index (χ3n) is 7.45. The molecule has 0 saturated carbocycles. The van der Waals surface area contributed by atoms with Crippen molar-refractivity contribution in [3.63, 3.8) is 0 Å². The van der Waals surface area contributed by atoms with Gasteiger partial charge in [-0.2, -0.15) is 0 Å². The van der Waals surface area contributed by atoms with Crippen molar-refractivity contribution in [3.05, 3.63) is 77.4 Å². The van der Waals surface area contributed by atoms with Crippen LogP contribution in [-0.4, -0.2) is 35.7 Å². The lowest BCUT2D eigenvalue weighted by atomic mass is 9.98. The standard InChI is InChI=1S/C26H28N2O/c1-26(29)17-28(23-11-3-2-10-22(23)26)20-12-14-27(15-13-20)24-16-19-8-4-6-18-7-5-9-21(24)25(18)19/h2-11,20,24,29H,12-17H2,1H3. The molecule has 3 heteroatoms. The highest BCUT2D eigenvalue weighted by Crippen LogP contribution is 2.44. The summed E-state index contributed by atoms with van der Waals surface area (Å²) in [5.41, 5.74) is 4.60. The summed E-state index contributed by atoms with van der Waals surface area (Å²) in [5.74, 6) is 0. The van der Waals surface area contributed by atoms with E-state index in [9.17, 15) is 5.11 Å². The molecule has 0 aromatic heterocycles. The van der Waals surface area contributed by atoms with Gasteiger partial charge in [-0.05, 0) is 54.2 Å². The second-order valence-electron chi connectivity index (χ2n) is 9.27. The Bertz CT molecular complexity index is 1080. The normalized spacial score (nSPS) is 27.0. The highest BCUT2D eigenvalue weighted by Gasteiger charge is 2.41. The fourth-order valence-corrected chi connectivity index (χ4v) is 6.06. The van der Waals surface area contributed by atoms with E-state index in [1.165, 1.54) is 27.6 Å². The number of nitrogens with zero attached hydrogens (tertiary/aromatic N) is 2. The summed E-state index contributed by atoms with van der Waals surface area (Å²) in [7, 11) is 0. The number of rotatable bonds is 2. The number of β-amino-alcohol motifs (C(OH)–C–C–N with tert-alkyl or cyclic N) is 1. The van der Waals surface area contributed by atoms with Crippen LogP contribution in [0.5, 0.6) is 0 Å². The Morgan fingerprint density at radius 3 is 2.52 bits per heavy atom. The highest BCUT2D eigenvalue weighted by atomic mass is 16.3. The molecule has 3 aromatic rings. The minimum absolute atomic E-state index is 0.515. The molecule has 6 rings (SSSR count). The molecular weight excluding hydrogens is 356 g/mol. The molecule has 0 radical (unpaired) electrons. The summed E-state index contributed by atoms with van der Waals surface area (Å²) in [4.78, 5) is 5.17. The molecule has 2 aliphatic heterocycles. The van der Waals surface area contributed by atoms with Gasteiger partial charge in [-0.1, -0.05) is 54.6 Å². The Labute approximate surface area is 172 Å². The van der Waals surface area contributed by atoms with E-state index in [-0.39, 0.29) is 0 Å². The zero-order valence-electron chi connectivity index (χ0n) is 17.0. The molecule has 2 heterocycles. The molecule has 0 bridgehead atoms. The minimum atomic E-state index is -0.740. The first-order valence-corrected chi connectivity index (χ1v) is 10.9. The Morgan fingerprint density at radius 1 is 0.931 bits per heavy atom. The van der Waals surface area contributed by atoms with E-state index < -0.39 is 5.60 Å². The van der Waals surface area contributed by atoms with Crippen molar-refractivity contribution in [2.75, 3.05) is 24.5 Å². The maximum absolute atomic E-state index is 10.9. The third-order valence-corrected chi connectivity index (χ3v) is 7.45. The molecule has 0 spiro atoms. The first kappa shape index (κ1) is 17.5. The number of piperidine rings is 1. The van der Waals surface area contributed by atoms with E-state index in [0.717, 1.165) is 37.9 Å². The first-order valence-electron chi connectivity index (χ1n) is 10.9. The van der Waals surface area contributed by atoms with Crippen LogP contribution in [0.4, 0.5) is 5.69 Å². The topological polar surface area (TPSA) is 26.7 Å². The summed E-state index contributed by atoms with van der Waals surface area (Å²) in [6.07, 6.45) is 3.46. The molecule has 2 atom stereocenters. The predicted octanol–water partition coefficient (Wildman–Crippen LogP) is 4.63. The second kappa shape index (κ2) is 6.32. The van der Waals surface area contributed by atoms with Gasteiger partial charge in [0.2, 0.25) is 0 Å². The minimum Gasteiger partial charge on any atom is -0.384 e. The molecule has 3 nitrogen and oxygen atoms in total. The lowest BCUT2D eigenvalue weighted by Gasteiger charge is -2.41. The Hall–Kier alpha value is -2.36. The SMILES string of the molecule is CC1(O)CN(C2CCN(C3Cc4cccc5cccc3c45)CC2)c2ccccc21. The number of para-hydroxylation sites is 1. The zero-order chi connectivity index (χ0) is 19.6. The Kier molecular flexibility index (Phi) is 3.81. The molecule has 0 amide bonds. The number of aliphatic hydroxyl groups is 1. The average molecular weight is 385 g/mol. The number of likely N-dealkylation sites (tertiary alicyclic amines) is 1. The van der Waals surface area contributed by atoms with Crippen LogP contribution in [0.2, 0.25) is 0 Å². The molecule has 1 aliphatic carbocycles. The molecule has 1 saturated heterocycles. The fraction of sp³-hybridized carbons (Fsp3) is 0.385. The number of benzene rings is 3. The number of hydrogen-bond donors (Lipinski definition) is 1. The van der Waals surface area contributed by atoms with Crippen LogP contribution in [-0.2, 0) is 12.0 Å². The number of anilines is 1. The first-order chi connectivity index (χ1) is 14.1. The van der Waals surface area contributed by atoms with Crippen LogP contribution in [0.25, 0.3) is 10.8 Å². The van der Waals surface area contributed by atoms with Crippen molar-refractivity contribution in [2.24, 2.45) is 0 Å². The molecule has 148 valence electrons. The van der Waals surface area contributed by atoms with Gasteiger partial charge in [0.25, 0.3) is 0 Å². The van der Waals surface area contributed by atoms with E-state index in [2.05, 4.69) is 64.4 Å². The smallest absolute Gasteiger partial charge is 0.106 e. The summed E-state index contributed by atoms with van der Waals surface area (Å²) in [5, 5.41) is 13.8. The van der Waals surface area contributed by atoms with E-state index in [1.807, 2.05) is 13.0 Å². The summed E-state index contributed by atoms with van der Waals surface area (Å²) in [6.45, 7) is 4.92. The lowest BCUT2D eigenvalue weighted by molar-refractivity contribution is 0.0704. The van der Waals surface area contributed by atoms with Gasteiger partial charge in [-0.3, -0.25) is 4.90 Å². The van der Waals surface area contributed by atoms with E-state index in [0.29, 0.717) is 18.6 Å². The molecule has 29 heavy (non-hydrogen) atoms. The summed E-state index contributed by atoms with van der Waals surface area (Å²) in [6, 6.07) is 23.0. The van der Waals surface area contributed by atoms with Gasteiger partial charge in [0, 0.05) is 36.4 Å². The van der Waals surface area contributed by atoms with Gasteiger partial charge in [-0.15, -0.1) is 0 Å². The van der Waals surface area contributed by atoms with E-state index in [4.69, 9.17) is 0 Å². The van der Waals surface area contributed by atoms with Gasteiger partial charge in [0.15, 0.2) is 0 Å². The van der Waals surface area contributed by atoms with Gasteiger partial charge in [-0.25, -0.2) is 0 Å². The maximum Gasteiger partial charge on any atom is 0.106 e. The average Bonchev–Trinajstić information content (AvgIpc) is 3.26. The number of hydrogen-bond acceptors (Lipinski definition) is 3.